The number of hydrogen-bond acceptors (Lipinski definition) is 6. The molecule has 0 bridgehead atoms. The number of carbonyl (C=O) groups excluding carboxylic acids is 2. The Labute approximate surface area is 165 Å². The summed E-state index contributed by atoms with van der Waals surface area (Å²) >= 11 is 0. The highest BCUT2D eigenvalue weighted by molar-refractivity contribution is 5.84. The molecule has 7 nitrogen and oxygen atoms in total. The molecule has 1 heterocycles. The Morgan fingerprint density at radius 1 is 1.14 bits per heavy atom. The fraction of sp³-hybridized carbons (Fsp3) is 0.524. The molecule has 0 fully saturated rings. The number of esters is 1. The zero-order valence-corrected chi connectivity index (χ0v) is 17.2. The lowest BCUT2D eigenvalue weighted by Gasteiger charge is -2.18. The van der Waals surface area contributed by atoms with Gasteiger partial charge in [-0.1, -0.05) is 57.1 Å². The molecule has 0 aliphatic carbocycles. The molecular formula is C21H29N3O4. The van der Waals surface area contributed by atoms with E-state index in [1.54, 1.807) is 0 Å². The second-order valence-corrected chi connectivity index (χ2v) is 7.56. The number of aromatic nitrogens is 2. The van der Waals surface area contributed by atoms with Gasteiger partial charge in [0, 0.05) is 18.4 Å². The van der Waals surface area contributed by atoms with Crippen molar-refractivity contribution in [3.63, 3.8) is 0 Å². The Bertz CT molecular complexity index is 781. The first-order valence-electron chi connectivity index (χ1n) is 9.60. The maximum absolute atomic E-state index is 12.2. The lowest BCUT2D eigenvalue weighted by atomic mass is 10.0. The van der Waals surface area contributed by atoms with Crippen LogP contribution in [0.4, 0.5) is 0 Å². The summed E-state index contributed by atoms with van der Waals surface area (Å²) in [7, 11) is 1.31. The minimum Gasteiger partial charge on any atom is -0.467 e. The van der Waals surface area contributed by atoms with Gasteiger partial charge in [-0.25, -0.2) is 4.79 Å². The number of methoxy groups -OCH3 is 1. The molecule has 1 unspecified atom stereocenters. The molecule has 0 saturated carbocycles. The van der Waals surface area contributed by atoms with E-state index in [2.05, 4.69) is 29.3 Å². The number of nitrogens with one attached hydrogen (secondary N) is 1. The van der Waals surface area contributed by atoms with Crippen molar-refractivity contribution in [1.29, 1.82) is 0 Å². The molecule has 2 aromatic rings. The third-order valence-electron chi connectivity index (χ3n) is 4.40. The van der Waals surface area contributed by atoms with Crippen LogP contribution in [0.5, 0.6) is 0 Å². The number of carbonyl (C=O) groups is 2. The highest BCUT2D eigenvalue weighted by atomic mass is 16.5. The van der Waals surface area contributed by atoms with Gasteiger partial charge in [-0.2, -0.15) is 4.98 Å². The van der Waals surface area contributed by atoms with E-state index in [1.165, 1.54) is 12.7 Å². The molecule has 0 spiro atoms. The fourth-order valence-corrected chi connectivity index (χ4v) is 2.81. The lowest BCUT2D eigenvalue weighted by molar-refractivity contribution is -0.145. The summed E-state index contributed by atoms with van der Waals surface area (Å²) in [6.07, 6.45) is 0.980. The molecule has 0 radical (unpaired) electrons. The van der Waals surface area contributed by atoms with Gasteiger partial charge in [-0.3, -0.25) is 4.79 Å². The van der Waals surface area contributed by atoms with Crippen LogP contribution in [0, 0.1) is 5.92 Å². The minimum absolute atomic E-state index is 0.152. The summed E-state index contributed by atoms with van der Waals surface area (Å²) < 4.78 is 10.0. The quantitative estimate of drug-likeness (QED) is 0.662. The standard InChI is InChI=1S/C21H29N3O4/c1-13(2)12-17(21(26)27-5)22-18(25)10-11-19-23-20(24-28-19)16-8-6-15(7-9-16)14(3)4/h6-9,13-14,17H,10-12H2,1-5H3,(H,22,25). The van der Waals surface area contributed by atoms with Crippen LogP contribution in [0.15, 0.2) is 28.8 Å². The van der Waals surface area contributed by atoms with Crippen LogP contribution in [0.3, 0.4) is 0 Å². The van der Waals surface area contributed by atoms with E-state index in [0.717, 1.165) is 5.56 Å². The van der Waals surface area contributed by atoms with Crippen molar-refractivity contribution < 1.29 is 18.8 Å². The monoisotopic (exact) mass is 387 g/mol. The number of ether oxygens (including phenoxy) is 1. The van der Waals surface area contributed by atoms with E-state index in [-0.39, 0.29) is 18.2 Å². The molecule has 1 aromatic heterocycles. The molecule has 152 valence electrons. The zero-order valence-electron chi connectivity index (χ0n) is 17.2. The summed E-state index contributed by atoms with van der Waals surface area (Å²) in [5, 5.41) is 6.71. The molecule has 0 aliphatic rings. The van der Waals surface area contributed by atoms with Gasteiger partial charge in [-0.15, -0.1) is 0 Å². The number of nitrogens with zero attached hydrogens (tertiary/aromatic N) is 2. The van der Waals surface area contributed by atoms with Crippen LogP contribution in [-0.2, 0) is 20.7 Å². The van der Waals surface area contributed by atoms with Gasteiger partial charge in [0.2, 0.25) is 17.6 Å². The maximum Gasteiger partial charge on any atom is 0.328 e. The Morgan fingerprint density at radius 3 is 2.39 bits per heavy atom. The van der Waals surface area contributed by atoms with Crippen molar-refractivity contribution in [2.24, 2.45) is 5.92 Å². The first-order valence-corrected chi connectivity index (χ1v) is 9.60. The summed E-state index contributed by atoms with van der Waals surface area (Å²) in [4.78, 5) is 28.4. The second kappa shape index (κ2) is 10.0. The first-order chi connectivity index (χ1) is 13.3. The molecular weight excluding hydrogens is 358 g/mol. The van der Waals surface area contributed by atoms with E-state index >= 15 is 0 Å². The van der Waals surface area contributed by atoms with E-state index in [1.807, 2.05) is 38.1 Å². The van der Waals surface area contributed by atoms with Crippen LogP contribution >= 0.6 is 0 Å². The molecule has 0 aliphatic heterocycles. The van der Waals surface area contributed by atoms with Crippen molar-refractivity contribution in [3.8, 4) is 11.4 Å². The van der Waals surface area contributed by atoms with E-state index in [0.29, 0.717) is 30.5 Å². The van der Waals surface area contributed by atoms with Gasteiger partial charge in [0.1, 0.15) is 6.04 Å². The van der Waals surface area contributed by atoms with Crippen LogP contribution in [0.2, 0.25) is 0 Å². The van der Waals surface area contributed by atoms with Crippen LogP contribution in [0.1, 0.15) is 57.9 Å². The largest absolute Gasteiger partial charge is 0.467 e. The minimum atomic E-state index is -0.643. The predicted molar refractivity (Wildman–Crippen MR) is 106 cm³/mol. The predicted octanol–water partition coefficient (Wildman–Crippen LogP) is 3.50. The summed E-state index contributed by atoms with van der Waals surface area (Å²) in [5.74, 6) is 0.904. The van der Waals surface area contributed by atoms with Crippen LogP contribution < -0.4 is 5.32 Å². The first kappa shape index (κ1) is 21.6. The van der Waals surface area contributed by atoms with Gasteiger partial charge in [0.05, 0.1) is 7.11 Å². The van der Waals surface area contributed by atoms with Crippen molar-refractivity contribution in [2.75, 3.05) is 7.11 Å². The van der Waals surface area contributed by atoms with Crippen molar-refractivity contribution >= 4 is 11.9 Å². The Balaban J connectivity index is 1.92. The topological polar surface area (TPSA) is 94.3 Å². The lowest BCUT2D eigenvalue weighted by Crippen LogP contribution is -2.42. The van der Waals surface area contributed by atoms with Crippen molar-refractivity contribution in [2.45, 2.75) is 58.9 Å². The van der Waals surface area contributed by atoms with Crippen molar-refractivity contribution in [1.82, 2.24) is 15.5 Å². The number of amides is 1. The molecule has 2 rings (SSSR count). The smallest absolute Gasteiger partial charge is 0.328 e. The Morgan fingerprint density at radius 2 is 1.82 bits per heavy atom. The fourth-order valence-electron chi connectivity index (χ4n) is 2.81. The van der Waals surface area contributed by atoms with Gasteiger partial charge in [-0.05, 0) is 23.8 Å². The maximum atomic E-state index is 12.2. The highest BCUT2D eigenvalue weighted by Crippen LogP contribution is 2.20. The Kier molecular flexibility index (Phi) is 7.72. The average molecular weight is 387 g/mol. The van der Waals surface area contributed by atoms with Gasteiger partial charge >= 0.3 is 5.97 Å². The molecule has 1 N–H and O–H groups in total. The number of aryl methyl sites for hydroxylation is 1. The van der Waals surface area contributed by atoms with Crippen molar-refractivity contribution in [3.05, 3.63) is 35.7 Å². The second-order valence-electron chi connectivity index (χ2n) is 7.56. The normalized spacial score (nSPS) is 12.2. The van der Waals surface area contributed by atoms with E-state index < -0.39 is 12.0 Å². The van der Waals surface area contributed by atoms with E-state index in [4.69, 9.17) is 9.26 Å². The number of hydrogen-bond donors (Lipinski definition) is 1. The van der Waals surface area contributed by atoms with Gasteiger partial charge < -0.3 is 14.6 Å². The van der Waals surface area contributed by atoms with Crippen LogP contribution in [0.25, 0.3) is 11.4 Å². The van der Waals surface area contributed by atoms with Gasteiger partial charge in [0.15, 0.2) is 0 Å². The highest BCUT2D eigenvalue weighted by Gasteiger charge is 2.22. The average Bonchev–Trinajstić information content (AvgIpc) is 3.14. The third-order valence-corrected chi connectivity index (χ3v) is 4.40. The molecule has 28 heavy (non-hydrogen) atoms. The van der Waals surface area contributed by atoms with Gasteiger partial charge in [0.25, 0.3) is 0 Å². The zero-order chi connectivity index (χ0) is 20.7. The molecule has 1 aromatic carbocycles. The third kappa shape index (κ3) is 6.18. The Hall–Kier alpha value is -2.70. The summed E-state index contributed by atoms with van der Waals surface area (Å²) in [6, 6.07) is 7.37. The molecule has 0 saturated heterocycles. The van der Waals surface area contributed by atoms with E-state index in [9.17, 15) is 9.59 Å². The summed E-state index contributed by atoms with van der Waals surface area (Å²) in [6.45, 7) is 8.24. The number of rotatable bonds is 9. The molecule has 1 atom stereocenters. The SMILES string of the molecule is COC(=O)C(CC(C)C)NC(=O)CCc1nc(-c2ccc(C(C)C)cc2)no1. The van der Waals surface area contributed by atoms with Crippen LogP contribution in [-0.4, -0.2) is 35.2 Å². The molecule has 1 amide bonds. The number of benzene rings is 1. The summed E-state index contributed by atoms with van der Waals surface area (Å²) in [5.41, 5.74) is 2.11. The molecule has 7 heteroatoms.